The van der Waals surface area contributed by atoms with Gasteiger partial charge in [-0.3, -0.25) is 14.5 Å². The number of hydrogen-bond donors (Lipinski definition) is 1. The second-order valence-electron chi connectivity index (χ2n) is 9.56. The quantitative estimate of drug-likeness (QED) is 0.738. The topological polar surface area (TPSA) is 70.0 Å². The summed E-state index contributed by atoms with van der Waals surface area (Å²) in [5.74, 6) is 0.330. The van der Waals surface area contributed by atoms with Crippen LogP contribution in [0.2, 0.25) is 0 Å². The maximum atomic E-state index is 13.1. The molecule has 0 saturated carbocycles. The SMILES string of the molecule is Cc1ccn2c(CN3CCN(C(=O)C(NC(=O)CC(C)C)C(C)C)CC3)c(C)nc2c1. The highest BCUT2D eigenvalue weighted by Crippen LogP contribution is 2.17. The first-order valence-corrected chi connectivity index (χ1v) is 11.4. The van der Waals surface area contributed by atoms with Gasteiger partial charge >= 0.3 is 0 Å². The fourth-order valence-corrected chi connectivity index (χ4v) is 4.16. The normalized spacial score (nSPS) is 16.3. The van der Waals surface area contributed by atoms with Crippen LogP contribution in [0.25, 0.3) is 5.65 Å². The molecule has 1 fully saturated rings. The molecule has 0 aliphatic carbocycles. The van der Waals surface area contributed by atoms with Gasteiger partial charge in [-0.15, -0.1) is 0 Å². The van der Waals surface area contributed by atoms with Crippen LogP contribution in [0.1, 0.15) is 51.1 Å². The zero-order valence-electron chi connectivity index (χ0n) is 19.8. The first-order chi connectivity index (χ1) is 14.7. The molecule has 0 aromatic carbocycles. The number of hydrogen-bond acceptors (Lipinski definition) is 4. The Bertz CT molecular complexity index is 925. The highest BCUT2D eigenvalue weighted by atomic mass is 16.2. The summed E-state index contributed by atoms with van der Waals surface area (Å²) < 4.78 is 2.17. The molecule has 2 aromatic heterocycles. The summed E-state index contributed by atoms with van der Waals surface area (Å²) in [6.45, 7) is 15.9. The molecule has 2 aromatic rings. The first kappa shape index (κ1) is 23.3. The molecule has 1 aliphatic rings. The van der Waals surface area contributed by atoms with Crippen molar-refractivity contribution >= 4 is 17.5 Å². The van der Waals surface area contributed by atoms with Crippen molar-refractivity contribution in [3.8, 4) is 0 Å². The van der Waals surface area contributed by atoms with Crippen molar-refractivity contribution in [2.75, 3.05) is 26.2 Å². The van der Waals surface area contributed by atoms with Crippen LogP contribution in [-0.4, -0.2) is 63.2 Å². The van der Waals surface area contributed by atoms with Crippen molar-refractivity contribution in [3.63, 3.8) is 0 Å². The molecule has 0 bridgehead atoms. The summed E-state index contributed by atoms with van der Waals surface area (Å²) in [7, 11) is 0. The van der Waals surface area contributed by atoms with Gasteiger partial charge in [0, 0.05) is 45.3 Å². The summed E-state index contributed by atoms with van der Waals surface area (Å²) in [6, 6.07) is 3.75. The summed E-state index contributed by atoms with van der Waals surface area (Å²) in [5, 5.41) is 2.97. The van der Waals surface area contributed by atoms with Gasteiger partial charge in [0.05, 0.1) is 11.4 Å². The predicted octanol–water partition coefficient (Wildman–Crippen LogP) is 2.78. The second-order valence-corrected chi connectivity index (χ2v) is 9.56. The molecule has 1 aliphatic heterocycles. The fraction of sp³-hybridized carbons (Fsp3) is 0.625. The Morgan fingerprint density at radius 3 is 2.39 bits per heavy atom. The zero-order chi connectivity index (χ0) is 22.7. The zero-order valence-corrected chi connectivity index (χ0v) is 19.8. The van der Waals surface area contributed by atoms with Crippen LogP contribution in [0.3, 0.4) is 0 Å². The number of nitrogens with one attached hydrogen (secondary N) is 1. The minimum Gasteiger partial charge on any atom is -0.344 e. The van der Waals surface area contributed by atoms with Crippen molar-refractivity contribution in [1.82, 2.24) is 24.5 Å². The number of nitrogens with zero attached hydrogens (tertiary/aromatic N) is 4. The lowest BCUT2D eigenvalue weighted by Gasteiger charge is -2.37. The summed E-state index contributed by atoms with van der Waals surface area (Å²) in [6.07, 6.45) is 2.54. The molecule has 7 heteroatoms. The Morgan fingerprint density at radius 1 is 1.10 bits per heavy atom. The lowest BCUT2D eigenvalue weighted by Crippen LogP contribution is -2.56. The molecule has 7 nitrogen and oxygen atoms in total. The van der Waals surface area contributed by atoms with Gasteiger partial charge in [0.25, 0.3) is 0 Å². The molecule has 170 valence electrons. The Labute approximate surface area is 185 Å². The number of aromatic nitrogens is 2. The van der Waals surface area contributed by atoms with E-state index in [9.17, 15) is 9.59 Å². The minimum atomic E-state index is -0.456. The van der Waals surface area contributed by atoms with Crippen LogP contribution in [0.4, 0.5) is 0 Å². The highest BCUT2D eigenvalue weighted by molar-refractivity contribution is 5.88. The molecular formula is C24H37N5O2. The van der Waals surface area contributed by atoms with E-state index in [0.29, 0.717) is 19.5 Å². The third kappa shape index (κ3) is 5.64. The molecule has 1 N–H and O–H groups in total. The number of carbonyl (C=O) groups is 2. The maximum absolute atomic E-state index is 13.1. The number of carbonyl (C=O) groups excluding carboxylic acids is 2. The van der Waals surface area contributed by atoms with Crippen LogP contribution in [0.15, 0.2) is 18.3 Å². The molecule has 0 spiro atoms. The third-order valence-corrected chi connectivity index (χ3v) is 5.98. The van der Waals surface area contributed by atoms with Crippen LogP contribution < -0.4 is 5.32 Å². The number of pyridine rings is 1. The van der Waals surface area contributed by atoms with E-state index in [0.717, 1.165) is 31.0 Å². The van der Waals surface area contributed by atoms with Gasteiger partial charge in [-0.25, -0.2) is 4.98 Å². The van der Waals surface area contributed by atoms with E-state index < -0.39 is 6.04 Å². The van der Waals surface area contributed by atoms with Crippen molar-refractivity contribution < 1.29 is 9.59 Å². The van der Waals surface area contributed by atoms with E-state index in [2.05, 4.69) is 46.8 Å². The van der Waals surface area contributed by atoms with E-state index in [1.165, 1.54) is 11.3 Å². The molecule has 3 heterocycles. The Morgan fingerprint density at radius 2 is 1.77 bits per heavy atom. The monoisotopic (exact) mass is 427 g/mol. The summed E-state index contributed by atoms with van der Waals surface area (Å²) in [5.41, 5.74) is 4.45. The number of fused-ring (bicyclic) bond motifs is 1. The van der Waals surface area contributed by atoms with Crippen LogP contribution >= 0.6 is 0 Å². The van der Waals surface area contributed by atoms with Crippen molar-refractivity contribution in [3.05, 3.63) is 35.3 Å². The first-order valence-electron chi connectivity index (χ1n) is 11.4. The third-order valence-electron chi connectivity index (χ3n) is 5.98. The number of imidazole rings is 1. The largest absolute Gasteiger partial charge is 0.344 e. The summed E-state index contributed by atoms with van der Waals surface area (Å²) >= 11 is 0. The maximum Gasteiger partial charge on any atom is 0.245 e. The number of rotatable bonds is 7. The molecule has 0 radical (unpaired) electrons. The summed E-state index contributed by atoms with van der Waals surface area (Å²) in [4.78, 5) is 34.4. The van der Waals surface area contributed by atoms with Gasteiger partial charge in [0.2, 0.25) is 11.8 Å². The van der Waals surface area contributed by atoms with Crippen molar-refractivity contribution in [2.24, 2.45) is 11.8 Å². The minimum absolute atomic E-state index is 0.0354. The highest BCUT2D eigenvalue weighted by Gasteiger charge is 2.31. The van der Waals surface area contributed by atoms with E-state index in [1.807, 2.05) is 32.6 Å². The molecule has 1 atom stereocenters. The second kappa shape index (κ2) is 9.81. The van der Waals surface area contributed by atoms with E-state index in [1.54, 1.807) is 0 Å². The average molecular weight is 428 g/mol. The standard InChI is InChI=1S/C24H37N5O2/c1-16(2)13-22(30)26-23(17(3)4)24(31)28-11-9-27(10-12-28)15-20-19(6)25-21-14-18(5)7-8-29(20)21/h7-8,14,16-17,23H,9-13,15H2,1-6H3,(H,26,30). The number of piperazine rings is 1. The smallest absolute Gasteiger partial charge is 0.245 e. The lowest BCUT2D eigenvalue weighted by atomic mass is 10.0. The van der Waals surface area contributed by atoms with Gasteiger partial charge in [0.15, 0.2) is 0 Å². The van der Waals surface area contributed by atoms with Gasteiger partial charge in [-0.2, -0.15) is 0 Å². The van der Waals surface area contributed by atoms with Gasteiger partial charge in [0.1, 0.15) is 11.7 Å². The predicted molar refractivity (Wildman–Crippen MR) is 123 cm³/mol. The van der Waals surface area contributed by atoms with E-state index in [4.69, 9.17) is 4.98 Å². The van der Waals surface area contributed by atoms with Crippen LogP contribution in [0, 0.1) is 25.7 Å². The molecule has 3 rings (SSSR count). The van der Waals surface area contributed by atoms with Gasteiger partial charge in [-0.1, -0.05) is 27.7 Å². The van der Waals surface area contributed by atoms with Crippen LogP contribution in [0.5, 0.6) is 0 Å². The van der Waals surface area contributed by atoms with Gasteiger partial charge in [-0.05, 0) is 43.4 Å². The molecule has 1 saturated heterocycles. The molecule has 2 amide bonds. The van der Waals surface area contributed by atoms with E-state index >= 15 is 0 Å². The Balaban J connectivity index is 1.60. The fourth-order valence-electron chi connectivity index (χ4n) is 4.16. The van der Waals surface area contributed by atoms with Crippen LogP contribution in [-0.2, 0) is 16.1 Å². The lowest BCUT2D eigenvalue weighted by molar-refractivity contribution is -0.139. The molecule has 31 heavy (non-hydrogen) atoms. The molecular weight excluding hydrogens is 390 g/mol. The average Bonchev–Trinajstić information content (AvgIpc) is 2.99. The Hall–Kier alpha value is -2.41. The van der Waals surface area contributed by atoms with Crippen molar-refractivity contribution in [1.29, 1.82) is 0 Å². The van der Waals surface area contributed by atoms with Gasteiger partial charge < -0.3 is 14.6 Å². The number of amides is 2. The molecule has 1 unspecified atom stereocenters. The van der Waals surface area contributed by atoms with E-state index in [-0.39, 0.29) is 23.7 Å². The number of aryl methyl sites for hydroxylation is 2. The Kier molecular flexibility index (Phi) is 7.36. The van der Waals surface area contributed by atoms with Crippen molar-refractivity contribution in [2.45, 2.75) is 60.5 Å².